The first-order chi connectivity index (χ1) is 12.1. The second-order valence-corrected chi connectivity index (χ2v) is 7.31. The number of nitrogens with zero attached hydrogens (tertiary/aromatic N) is 1. The minimum absolute atomic E-state index is 0.0343. The van der Waals surface area contributed by atoms with Gasteiger partial charge in [0.2, 0.25) is 11.8 Å². The molecule has 2 bridgehead atoms. The summed E-state index contributed by atoms with van der Waals surface area (Å²) in [6.45, 7) is 0.447. The highest BCUT2D eigenvalue weighted by atomic mass is 16.5. The van der Waals surface area contributed by atoms with Crippen molar-refractivity contribution in [2.45, 2.75) is 30.6 Å². The molecule has 0 aromatic heterocycles. The van der Waals surface area contributed by atoms with Crippen LogP contribution in [0.1, 0.15) is 12.8 Å². The predicted octanol–water partition coefficient (Wildman–Crippen LogP) is 1.26. The van der Waals surface area contributed by atoms with Crippen LogP contribution in [0.3, 0.4) is 0 Å². The van der Waals surface area contributed by atoms with E-state index in [0.717, 1.165) is 24.3 Å². The first kappa shape index (κ1) is 15.0. The van der Waals surface area contributed by atoms with E-state index in [2.05, 4.69) is 5.32 Å². The third-order valence-electron chi connectivity index (χ3n) is 5.71. The van der Waals surface area contributed by atoms with E-state index in [-0.39, 0.29) is 24.0 Å². The van der Waals surface area contributed by atoms with Gasteiger partial charge >= 0.3 is 0 Å². The van der Waals surface area contributed by atoms with Gasteiger partial charge in [-0.1, -0.05) is 12.2 Å². The lowest BCUT2D eigenvalue weighted by atomic mass is 9.77. The summed E-state index contributed by atoms with van der Waals surface area (Å²) in [4.78, 5) is 27.6. The van der Waals surface area contributed by atoms with Gasteiger partial charge in [-0.05, 0) is 37.1 Å². The van der Waals surface area contributed by atoms with Gasteiger partial charge in [0.15, 0.2) is 0 Å². The molecular formula is C19H20N2O4. The van der Waals surface area contributed by atoms with Crippen LogP contribution in [0.15, 0.2) is 36.4 Å². The minimum Gasteiger partial charge on any atom is -0.497 e. The van der Waals surface area contributed by atoms with Gasteiger partial charge < -0.3 is 19.7 Å². The number of methoxy groups -OCH3 is 1. The van der Waals surface area contributed by atoms with Crippen LogP contribution in [0.25, 0.3) is 0 Å². The molecule has 6 heteroatoms. The van der Waals surface area contributed by atoms with E-state index in [1.807, 2.05) is 36.4 Å². The number of nitrogens with one attached hydrogen (secondary N) is 1. The fourth-order valence-electron chi connectivity index (χ4n) is 4.30. The molecule has 2 amide bonds. The third-order valence-corrected chi connectivity index (χ3v) is 5.71. The normalized spacial score (nSPS) is 35.2. The fourth-order valence-corrected chi connectivity index (χ4v) is 4.30. The van der Waals surface area contributed by atoms with Crippen LogP contribution in [0.2, 0.25) is 0 Å². The molecule has 25 heavy (non-hydrogen) atoms. The van der Waals surface area contributed by atoms with Crippen molar-refractivity contribution in [1.82, 2.24) is 5.32 Å². The Morgan fingerprint density at radius 3 is 2.76 bits per heavy atom. The molecule has 3 fully saturated rings. The van der Waals surface area contributed by atoms with Gasteiger partial charge in [-0.2, -0.15) is 0 Å². The zero-order valence-corrected chi connectivity index (χ0v) is 14.0. The highest BCUT2D eigenvalue weighted by Gasteiger charge is 2.67. The molecule has 1 aromatic rings. The van der Waals surface area contributed by atoms with Crippen LogP contribution < -0.4 is 15.0 Å². The van der Waals surface area contributed by atoms with Crippen LogP contribution >= 0.6 is 0 Å². The Hall–Kier alpha value is -2.34. The molecule has 1 aliphatic carbocycles. The summed E-state index contributed by atoms with van der Waals surface area (Å²) < 4.78 is 11.3. The summed E-state index contributed by atoms with van der Waals surface area (Å²) in [5, 5.41) is 3.04. The van der Waals surface area contributed by atoms with Gasteiger partial charge in [0, 0.05) is 11.7 Å². The Morgan fingerprint density at radius 2 is 2.08 bits per heavy atom. The lowest BCUT2D eigenvalue weighted by molar-refractivity contribution is -0.132. The van der Waals surface area contributed by atoms with E-state index in [0.29, 0.717) is 6.54 Å². The van der Waals surface area contributed by atoms with Crippen molar-refractivity contribution >= 4 is 17.5 Å². The monoisotopic (exact) mass is 340 g/mol. The van der Waals surface area contributed by atoms with Crippen molar-refractivity contribution < 1.29 is 19.1 Å². The van der Waals surface area contributed by atoms with Crippen molar-refractivity contribution in [2.24, 2.45) is 11.8 Å². The maximum Gasteiger partial charge on any atom is 0.234 e. The molecular weight excluding hydrogens is 320 g/mol. The Kier molecular flexibility index (Phi) is 3.04. The van der Waals surface area contributed by atoms with E-state index >= 15 is 0 Å². The first-order valence-electron chi connectivity index (χ1n) is 8.74. The number of carbonyl (C=O) groups excluding carboxylic acids is 2. The summed E-state index contributed by atoms with van der Waals surface area (Å²) in [7, 11) is 1.61. The van der Waals surface area contributed by atoms with Crippen LogP contribution in [-0.2, 0) is 14.3 Å². The highest BCUT2D eigenvalue weighted by Crippen LogP contribution is 2.52. The van der Waals surface area contributed by atoms with Crippen molar-refractivity contribution in [2.75, 3.05) is 18.6 Å². The molecule has 0 unspecified atom stereocenters. The maximum absolute atomic E-state index is 13.1. The van der Waals surface area contributed by atoms with Gasteiger partial charge in [-0.25, -0.2) is 0 Å². The predicted molar refractivity (Wildman–Crippen MR) is 90.2 cm³/mol. The number of benzene rings is 1. The van der Waals surface area contributed by atoms with Gasteiger partial charge in [0.25, 0.3) is 0 Å². The number of anilines is 1. The fraction of sp³-hybridized carbons (Fsp3) is 0.474. The topological polar surface area (TPSA) is 67.9 Å². The number of amides is 2. The number of ether oxygens (including phenoxy) is 2. The highest BCUT2D eigenvalue weighted by molar-refractivity contribution is 6.03. The molecule has 3 aliphatic heterocycles. The lowest BCUT2D eigenvalue weighted by Crippen LogP contribution is -2.44. The summed E-state index contributed by atoms with van der Waals surface area (Å²) in [6, 6.07) is 7.67. The number of hydrogen-bond acceptors (Lipinski definition) is 4. The van der Waals surface area contributed by atoms with E-state index in [1.54, 1.807) is 12.0 Å². The largest absolute Gasteiger partial charge is 0.497 e. The molecule has 6 nitrogen and oxygen atoms in total. The smallest absolute Gasteiger partial charge is 0.234 e. The van der Waals surface area contributed by atoms with Crippen molar-refractivity contribution in [1.29, 1.82) is 0 Å². The Labute approximate surface area is 145 Å². The van der Waals surface area contributed by atoms with Crippen LogP contribution in [-0.4, -0.2) is 43.2 Å². The second kappa shape index (κ2) is 5.08. The zero-order chi connectivity index (χ0) is 17.2. The molecule has 4 aliphatic rings. The number of hydrogen-bond donors (Lipinski definition) is 1. The van der Waals surface area contributed by atoms with Crippen LogP contribution in [0, 0.1) is 11.8 Å². The Bertz CT molecular complexity index is 770. The maximum atomic E-state index is 13.1. The van der Waals surface area contributed by atoms with Crippen molar-refractivity contribution in [3.05, 3.63) is 36.4 Å². The molecule has 3 heterocycles. The molecule has 1 N–H and O–H groups in total. The second-order valence-electron chi connectivity index (χ2n) is 7.31. The van der Waals surface area contributed by atoms with E-state index in [1.165, 1.54) is 0 Å². The van der Waals surface area contributed by atoms with Crippen LogP contribution in [0.4, 0.5) is 5.69 Å². The number of carbonyl (C=O) groups is 2. The molecule has 1 aromatic carbocycles. The minimum atomic E-state index is -0.673. The van der Waals surface area contributed by atoms with Crippen molar-refractivity contribution in [3.8, 4) is 5.75 Å². The molecule has 0 radical (unpaired) electrons. The standard InChI is InChI=1S/C19H20N2O4/c1-24-13-6-4-12(5-7-13)21-10-19-9-8-14(25-19)15(16(19)18(21)23)17(22)20-11-2-3-11/h4-9,11,14-16H,2-3,10H2,1H3,(H,20,22)/t14-,15+,16+,19+/m1/s1. The molecule has 5 rings (SSSR count). The quantitative estimate of drug-likeness (QED) is 0.838. The molecule has 130 valence electrons. The zero-order valence-electron chi connectivity index (χ0n) is 14.0. The first-order valence-corrected chi connectivity index (χ1v) is 8.74. The summed E-state index contributed by atoms with van der Waals surface area (Å²) in [5.41, 5.74) is 0.129. The van der Waals surface area contributed by atoms with E-state index in [9.17, 15) is 9.59 Å². The third kappa shape index (κ3) is 2.13. The SMILES string of the molecule is COc1ccc(N2C[C@]34C=C[C@@H](O3)[C@H](C(=O)NC3CC3)[C@H]4C2=O)cc1. The average Bonchev–Trinajstić information content (AvgIpc) is 3.15. The van der Waals surface area contributed by atoms with E-state index in [4.69, 9.17) is 9.47 Å². The summed E-state index contributed by atoms with van der Waals surface area (Å²) in [5.74, 6) is -0.209. The Balaban J connectivity index is 1.44. The van der Waals surface area contributed by atoms with Gasteiger partial charge in [-0.3, -0.25) is 9.59 Å². The number of fused-ring (bicyclic) bond motifs is 1. The summed E-state index contributed by atoms with van der Waals surface area (Å²) in [6.07, 6.45) is 5.69. The van der Waals surface area contributed by atoms with Gasteiger partial charge in [0.05, 0.1) is 31.6 Å². The average molecular weight is 340 g/mol. The molecule has 1 saturated carbocycles. The molecule has 2 saturated heterocycles. The summed E-state index contributed by atoms with van der Waals surface area (Å²) >= 11 is 0. The molecule has 4 atom stereocenters. The van der Waals surface area contributed by atoms with Crippen LogP contribution in [0.5, 0.6) is 5.75 Å². The lowest BCUT2D eigenvalue weighted by Gasteiger charge is -2.23. The van der Waals surface area contributed by atoms with Gasteiger partial charge in [0.1, 0.15) is 11.4 Å². The van der Waals surface area contributed by atoms with E-state index < -0.39 is 17.4 Å². The van der Waals surface area contributed by atoms with Gasteiger partial charge in [-0.15, -0.1) is 0 Å². The Morgan fingerprint density at radius 1 is 1.32 bits per heavy atom. The molecule has 1 spiro atoms. The number of rotatable bonds is 4. The van der Waals surface area contributed by atoms with Crippen molar-refractivity contribution in [3.63, 3.8) is 0 Å².